The molecule has 1 atom stereocenters. The fourth-order valence-corrected chi connectivity index (χ4v) is 6.99. The van der Waals surface area contributed by atoms with E-state index < -0.39 is 0 Å². The molecule has 7 heteroatoms. The summed E-state index contributed by atoms with van der Waals surface area (Å²) in [6.07, 6.45) is 5.14. The summed E-state index contributed by atoms with van der Waals surface area (Å²) in [6, 6.07) is 28.2. The van der Waals surface area contributed by atoms with Crippen LogP contribution in [0.4, 0.5) is 11.4 Å². The molecular weight excluding hydrogens is 570 g/mol. The van der Waals surface area contributed by atoms with E-state index in [0.717, 1.165) is 54.3 Å². The van der Waals surface area contributed by atoms with Gasteiger partial charge in [0.15, 0.2) is 0 Å². The molecule has 46 heavy (non-hydrogen) atoms. The van der Waals surface area contributed by atoms with E-state index in [0.29, 0.717) is 17.7 Å². The fourth-order valence-electron chi connectivity index (χ4n) is 6.99. The molecule has 0 N–H and O–H groups in total. The molecule has 7 rings (SSSR count). The number of fused-ring (bicyclic) bond motifs is 2. The third-order valence-electron chi connectivity index (χ3n) is 9.72. The van der Waals surface area contributed by atoms with E-state index in [1.165, 1.54) is 22.3 Å². The van der Waals surface area contributed by atoms with Crippen LogP contribution in [-0.4, -0.2) is 50.8 Å². The highest BCUT2D eigenvalue weighted by Crippen LogP contribution is 2.36. The van der Waals surface area contributed by atoms with Gasteiger partial charge in [-0.15, -0.1) is 0 Å². The maximum atomic E-state index is 14.6. The molecule has 0 saturated heterocycles. The molecule has 5 aromatic rings. The molecule has 2 aliphatic heterocycles. The van der Waals surface area contributed by atoms with Crippen LogP contribution in [0.3, 0.4) is 0 Å². The Balaban J connectivity index is 1.34. The van der Waals surface area contributed by atoms with E-state index in [2.05, 4.69) is 58.8 Å². The van der Waals surface area contributed by atoms with Gasteiger partial charge in [-0.1, -0.05) is 42.5 Å². The highest BCUT2D eigenvalue weighted by Gasteiger charge is 2.32. The number of nitrogens with zero attached hydrogens (tertiary/aromatic N) is 5. The van der Waals surface area contributed by atoms with E-state index in [1.807, 2.05) is 73.5 Å². The first-order chi connectivity index (χ1) is 22.3. The van der Waals surface area contributed by atoms with Crippen LogP contribution in [0.25, 0.3) is 11.3 Å². The van der Waals surface area contributed by atoms with E-state index in [9.17, 15) is 9.59 Å². The largest absolute Gasteiger partial charge is 0.347 e. The van der Waals surface area contributed by atoms with Crippen molar-refractivity contribution in [3.8, 4) is 11.3 Å². The Morgan fingerprint density at radius 2 is 1.48 bits per heavy atom. The van der Waals surface area contributed by atoms with E-state index in [4.69, 9.17) is 0 Å². The van der Waals surface area contributed by atoms with Crippen LogP contribution in [0.5, 0.6) is 0 Å². The minimum atomic E-state index is -0.134. The first kappa shape index (κ1) is 29.7. The second kappa shape index (κ2) is 12.1. The molecular formula is C39H39N5O2. The predicted octanol–water partition coefficient (Wildman–Crippen LogP) is 6.95. The Morgan fingerprint density at radius 1 is 0.783 bits per heavy atom. The number of benzene rings is 3. The Kier molecular flexibility index (Phi) is 7.79. The maximum Gasteiger partial charge on any atom is 0.264 e. The van der Waals surface area contributed by atoms with E-state index in [-0.39, 0.29) is 17.9 Å². The molecule has 2 aliphatic rings. The van der Waals surface area contributed by atoms with Gasteiger partial charge in [-0.25, -0.2) is 0 Å². The summed E-state index contributed by atoms with van der Waals surface area (Å²) in [5.41, 5.74) is 10.3. The summed E-state index contributed by atoms with van der Waals surface area (Å²) in [5, 5.41) is 0. The summed E-state index contributed by atoms with van der Waals surface area (Å²) >= 11 is 0. The molecule has 0 unspecified atom stereocenters. The van der Waals surface area contributed by atoms with Crippen molar-refractivity contribution in [1.82, 2.24) is 19.4 Å². The van der Waals surface area contributed by atoms with Gasteiger partial charge in [-0.3, -0.25) is 19.5 Å². The molecule has 0 saturated carbocycles. The third-order valence-corrected chi connectivity index (χ3v) is 9.72. The minimum Gasteiger partial charge on any atom is -0.347 e. The topological polar surface area (TPSA) is 61.7 Å². The number of rotatable bonds is 5. The van der Waals surface area contributed by atoms with Crippen LogP contribution in [0.1, 0.15) is 55.6 Å². The van der Waals surface area contributed by atoms with Crippen LogP contribution in [0.15, 0.2) is 97.3 Å². The van der Waals surface area contributed by atoms with Crippen molar-refractivity contribution in [1.29, 1.82) is 0 Å². The molecule has 0 fully saturated rings. The van der Waals surface area contributed by atoms with E-state index in [1.54, 1.807) is 17.3 Å². The van der Waals surface area contributed by atoms with Gasteiger partial charge in [0, 0.05) is 73.3 Å². The van der Waals surface area contributed by atoms with Crippen LogP contribution in [-0.2, 0) is 33.0 Å². The predicted molar refractivity (Wildman–Crippen MR) is 182 cm³/mol. The normalized spacial score (nSPS) is 16.1. The zero-order valence-corrected chi connectivity index (χ0v) is 26.9. The second-order valence-corrected chi connectivity index (χ2v) is 12.7. The standard InChI is InChI=1S/C39H39N5O2/c1-26-20-28-10-8-9-11-30(28)25-43(26)38(45)36-22-31-24-41(3)19-16-29(31)21-35(36)37-23-34(27(2)42(37)4)39(46)44(32-12-6-5-7-13-32)33-14-17-40-18-15-33/h5-15,17-18,21-23,26H,16,19-20,24-25H2,1-4H3/t26-/m1/s1. The smallest absolute Gasteiger partial charge is 0.264 e. The molecule has 3 aromatic carbocycles. The Hall–Kier alpha value is -5.01. The van der Waals surface area contributed by atoms with E-state index >= 15 is 0 Å². The molecule has 4 heterocycles. The zero-order valence-electron chi connectivity index (χ0n) is 26.9. The van der Waals surface area contributed by atoms with Gasteiger partial charge in [0.2, 0.25) is 0 Å². The van der Waals surface area contributed by atoms with Crippen molar-refractivity contribution in [3.05, 3.63) is 136 Å². The summed E-state index contributed by atoms with van der Waals surface area (Å²) < 4.78 is 2.06. The highest BCUT2D eigenvalue weighted by atomic mass is 16.2. The molecule has 0 radical (unpaired) electrons. The number of hydrogen-bond acceptors (Lipinski definition) is 4. The summed E-state index contributed by atoms with van der Waals surface area (Å²) in [5.74, 6) is -0.104. The number of likely N-dealkylation sites (N-methyl/N-ethyl adjacent to an activating group) is 1. The number of pyridine rings is 1. The first-order valence-corrected chi connectivity index (χ1v) is 16.0. The van der Waals surface area contributed by atoms with Crippen molar-refractivity contribution in [2.24, 2.45) is 7.05 Å². The molecule has 2 amide bonds. The maximum absolute atomic E-state index is 14.6. The number of carbonyl (C=O) groups is 2. The zero-order chi connectivity index (χ0) is 31.9. The molecule has 232 valence electrons. The molecule has 0 spiro atoms. The number of carbonyl (C=O) groups excluding carboxylic acids is 2. The third kappa shape index (κ3) is 5.31. The average Bonchev–Trinajstić information content (AvgIpc) is 3.37. The second-order valence-electron chi connectivity index (χ2n) is 12.7. The van der Waals surface area contributed by atoms with Crippen molar-refractivity contribution in [3.63, 3.8) is 0 Å². The van der Waals surface area contributed by atoms with Crippen molar-refractivity contribution < 1.29 is 9.59 Å². The number of anilines is 2. The number of aromatic nitrogens is 2. The van der Waals surface area contributed by atoms with Gasteiger partial charge in [0.25, 0.3) is 11.8 Å². The number of amides is 2. The molecule has 0 aliphatic carbocycles. The van der Waals surface area contributed by atoms with Gasteiger partial charge < -0.3 is 14.4 Å². The van der Waals surface area contributed by atoms with Gasteiger partial charge in [0.05, 0.1) is 11.3 Å². The minimum absolute atomic E-state index is 0.0301. The summed E-state index contributed by atoms with van der Waals surface area (Å²) in [6.45, 7) is 6.47. The van der Waals surface area contributed by atoms with Crippen LogP contribution < -0.4 is 4.90 Å². The van der Waals surface area contributed by atoms with Crippen LogP contribution in [0, 0.1) is 6.92 Å². The lowest BCUT2D eigenvalue weighted by Crippen LogP contribution is -2.43. The Labute approximate surface area is 270 Å². The van der Waals surface area contributed by atoms with Crippen LogP contribution in [0.2, 0.25) is 0 Å². The fraction of sp³-hybridized carbons (Fsp3) is 0.256. The SMILES string of the molecule is Cc1c(C(=O)N(c2ccccc2)c2ccncc2)cc(-c2cc3c(cc2C(=O)N2Cc4ccccc4C[C@H]2C)CN(C)CC3)n1C. The average molecular weight is 610 g/mol. The van der Waals surface area contributed by atoms with Crippen molar-refractivity contribution in [2.75, 3.05) is 18.5 Å². The van der Waals surface area contributed by atoms with Crippen molar-refractivity contribution >= 4 is 23.2 Å². The molecule has 0 bridgehead atoms. The Bertz CT molecular complexity index is 1890. The number of para-hydroxylation sites is 1. The lowest BCUT2D eigenvalue weighted by Gasteiger charge is -2.36. The summed E-state index contributed by atoms with van der Waals surface area (Å²) in [7, 11) is 4.11. The van der Waals surface area contributed by atoms with Crippen LogP contribution >= 0.6 is 0 Å². The quantitative estimate of drug-likeness (QED) is 0.216. The van der Waals surface area contributed by atoms with Gasteiger partial charge in [0.1, 0.15) is 0 Å². The van der Waals surface area contributed by atoms with Crippen molar-refractivity contribution in [2.45, 2.75) is 45.8 Å². The number of hydrogen-bond donors (Lipinski definition) is 0. The van der Waals surface area contributed by atoms with Gasteiger partial charge in [-0.05, 0) is 98.5 Å². The summed E-state index contributed by atoms with van der Waals surface area (Å²) in [4.78, 5) is 39.3. The lowest BCUT2D eigenvalue weighted by molar-refractivity contribution is 0.0658. The van der Waals surface area contributed by atoms with Gasteiger partial charge >= 0.3 is 0 Å². The van der Waals surface area contributed by atoms with Gasteiger partial charge in [-0.2, -0.15) is 0 Å². The molecule has 2 aromatic heterocycles. The monoisotopic (exact) mass is 609 g/mol. The molecule has 7 nitrogen and oxygen atoms in total. The lowest BCUT2D eigenvalue weighted by atomic mass is 9.90. The Morgan fingerprint density at radius 3 is 2.24 bits per heavy atom. The highest BCUT2D eigenvalue weighted by molar-refractivity contribution is 6.12. The first-order valence-electron chi connectivity index (χ1n) is 16.0.